The van der Waals surface area contributed by atoms with Crippen molar-refractivity contribution in [3.63, 3.8) is 0 Å². The molecule has 2 aliphatic heterocycles. The fourth-order valence-corrected chi connectivity index (χ4v) is 8.14. The first-order valence-corrected chi connectivity index (χ1v) is 15.8. The van der Waals surface area contributed by atoms with E-state index in [-0.39, 0.29) is 35.3 Å². The van der Waals surface area contributed by atoms with Crippen molar-refractivity contribution in [1.29, 1.82) is 0 Å². The number of aromatic nitrogens is 1. The van der Waals surface area contributed by atoms with Crippen molar-refractivity contribution in [3.05, 3.63) is 98.0 Å². The zero-order chi connectivity index (χ0) is 32.7. The Bertz CT molecular complexity index is 1910. The number of thioether (sulfide) groups is 1. The van der Waals surface area contributed by atoms with Crippen LogP contribution in [0.5, 0.6) is 11.5 Å². The van der Waals surface area contributed by atoms with Gasteiger partial charge in [-0.15, -0.1) is 0 Å². The highest BCUT2D eigenvalue weighted by Gasteiger charge is 2.56. The van der Waals surface area contributed by atoms with E-state index in [1.165, 1.54) is 6.07 Å². The molecule has 6 rings (SSSR count). The molecule has 9 nitrogen and oxygen atoms in total. The topological polar surface area (TPSA) is 118 Å². The van der Waals surface area contributed by atoms with Crippen LogP contribution in [0.3, 0.4) is 0 Å². The molecule has 3 atom stereocenters. The summed E-state index contributed by atoms with van der Waals surface area (Å²) in [5, 5.41) is 2.19. The number of aromatic amines is 1. The van der Waals surface area contributed by atoms with Gasteiger partial charge in [0.1, 0.15) is 5.25 Å². The number of fused-ring (bicyclic) bond motifs is 2. The minimum atomic E-state index is -4.67. The molecule has 238 valence electrons. The average molecular weight is 670 g/mol. The predicted molar refractivity (Wildman–Crippen MR) is 167 cm³/mol. The lowest BCUT2D eigenvalue weighted by atomic mass is 9.83. The van der Waals surface area contributed by atoms with Crippen LogP contribution in [-0.4, -0.2) is 41.2 Å². The minimum Gasteiger partial charge on any atom is -0.490 e. The van der Waals surface area contributed by atoms with Crippen molar-refractivity contribution in [3.8, 4) is 11.5 Å². The molecule has 1 saturated heterocycles. The highest BCUT2D eigenvalue weighted by Crippen LogP contribution is 2.54. The van der Waals surface area contributed by atoms with E-state index >= 15 is 0 Å². The number of aryl methyl sites for hydroxylation is 1. The van der Waals surface area contributed by atoms with Crippen molar-refractivity contribution < 1.29 is 37.0 Å². The first kappa shape index (κ1) is 31.4. The number of hydrogen-bond donors (Lipinski definition) is 2. The van der Waals surface area contributed by atoms with Crippen LogP contribution in [-0.2, 0) is 20.6 Å². The molecule has 4 aromatic rings. The van der Waals surface area contributed by atoms with E-state index in [0.29, 0.717) is 21.2 Å². The number of carbonyl (C=O) groups is 3. The normalized spacial score (nSPS) is 19.1. The monoisotopic (exact) mass is 669 g/mol. The largest absolute Gasteiger partial charge is 0.490 e. The van der Waals surface area contributed by atoms with Crippen LogP contribution < -0.4 is 24.6 Å². The number of amides is 3. The molecule has 46 heavy (non-hydrogen) atoms. The SMILES string of the molecule is CCOc1cc([C@H]2c3sc(=O)[nH]c3SC3C(=O)N(c4cccc(C(F)(F)F)c4)C(=O)C32)ccc1OCC(=O)Nc1cccc(C)c1. The van der Waals surface area contributed by atoms with E-state index in [4.69, 9.17) is 9.47 Å². The van der Waals surface area contributed by atoms with Gasteiger partial charge < -0.3 is 19.8 Å². The van der Waals surface area contributed by atoms with Gasteiger partial charge in [-0.2, -0.15) is 13.2 Å². The van der Waals surface area contributed by atoms with Gasteiger partial charge in [0.25, 0.3) is 5.91 Å². The molecule has 1 aromatic heterocycles. The Labute approximate surface area is 268 Å². The zero-order valence-corrected chi connectivity index (χ0v) is 26.0. The summed E-state index contributed by atoms with van der Waals surface area (Å²) in [7, 11) is 0. The van der Waals surface area contributed by atoms with Gasteiger partial charge in [0.15, 0.2) is 18.1 Å². The first-order chi connectivity index (χ1) is 21.9. The smallest absolute Gasteiger partial charge is 0.416 e. The Morgan fingerprint density at radius 3 is 2.50 bits per heavy atom. The van der Waals surface area contributed by atoms with Crippen LogP contribution in [0.2, 0.25) is 0 Å². The second-order valence-electron chi connectivity index (χ2n) is 10.7. The Morgan fingerprint density at radius 2 is 1.76 bits per heavy atom. The molecule has 0 saturated carbocycles. The number of carbonyl (C=O) groups excluding carboxylic acids is 3. The fourth-order valence-electron chi connectivity index (χ4n) is 5.62. The van der Waals surface area contributed by atoms with Gasteiger partial charge in [0, 0.05) is 16.5 Å². The summed E-state index contributed by atoms with van der Waals surface area (Å²) in [5.74, 6) is -3.03. The van der Waals surface area contributed by atoms with E-state index in [0.717, 1.165) is 51.8 Å². The molecule has 0 spiro atoms. The van der Waals surface area contributed by atoms with Crippen molar-refractivity contribution in [2.24, 2.45) is 5.92 Å². The van der Waals surface area contributed by atoms with Gasteiger partial charge >= 0.3 is 11.0 Å². The molecule has 3 heterocycles. The maximum absolute atomic E-state index is 14.0. The van der Waals surface area contributed by atoms with Crippen molar-refractivity contribution in [1.82, 2.24) is 4.98 Å². The maximum Gasteiger partial charge on any atom is 0.416 e. The standard InChI is InChI=1S/C32H26F3N3O6S2/c1-3-43-22-13-17(10-11-21(22)44-15-23(39)36-19-8-4-6-16(2)12-19)24-25-27(45-28-26(24)46-31(42)37-28)30(41)38(29(25)40)20-9-5-7-18(14-20)32(33,34)35/h4-14,24-25,27H,3,15H2,1-2H3,(H,36,39)(H,37,42)/t24-,25?,27?/m1/s1. The third-order valence-electron chi connectivity index (χ3n) is 7.54. The third kappa shape index (κ3) is 6.01. The Kier molecular flexibility index (Phi) is 8.42. The molecule has 2 N–H and O–H groups in total. The zero-order valence-electron chi connectivity index (χ0n) is 24.3. The lowest BCUT2D eigenvalue weighted by Gasteiger charge is -2.30. The van der Waals surface area contributed by atoms with Gasteiger partial charge in [-0.25, -0.2) is 4.90 Å². The summed E-state index contributed by atoms with van der Waals surface area (Å²) in [6.45, 7) is 3.59. The van der Waals surface area contributed by atoms with Gasteiger partial charge in [-0.1, -0.05) is 47.4 Å². The average Bonchev–Trinajstić information content (AvgIpc) is 3.50. The predicted octanol–water partition coefficient (Wildman–Crippen LogP) is 5.98. The Hall–Kier alpha value is -4.56. The van der Waals surface area contributed by atoms with Crippen LogP contribution in [0.25, 0.3) is 0 Å². The molecule has 14 heteroatoms. The molecule has 2 aliphatic rings. The molecule has 0 bridgehead atoms. The number of anilines is 2. The molecule has 3 aromatic carbocycles. The number of nitrogens with one attached hydrogen (secondary N) is 2. The quantitative estimate of drug-likeness (QED) is 0.222. The van der Waals surface area contributed by atoms with Crippen LogP contribution in [0.15, 0.2) is 76.6 Å². The molecule has 2 unspecified atom stereocenters. The van der Waals surface area contributed by atoms with Crippen molar-refractivity contribution in [2.45, 2.75) is 36.2 Å². The Morgan fingerprint density at radius 1 is 0.978 bits per heavy atom. The van der Waals surface area contributed by atoms with E-state index in [1.807, 2.05) is 25.1 Å². The Balaban J connectivity index is 1.32. The summed E-state index contributed by atoms with van der Waals surface area (Å²) < 4.78 is 52.1. The summed E-state index contributed by atoms with van der Waals surface area (Å²) >= 11 is 1.92. The van der Waals surface area contributed by atoms with Crippen LogP contribution >= 0.6 is 23.1 Å². The van der Waals surface area contributed by atoms with E-state index in [1.54, 1.807) is 31.2 Å². The molecule has 0 aliphatic carbocycles. The summed E-state index contributed by atoms with van der Waals surface area (Å²) in [4.78, 5) is 56.3. The molecule has 0 radical (unpaired) electrons. The van der Waals surface area contributed by atoms with E-state index in [9.17, 15) is 32.3 Å². The number of thiazole rings is 1. The number of nitrogens with zero attached hydrogens (tertiary/aromatic N) is 1. The molecular formula is C32H26F3N3O6S2. The number of alkyl halides is 3. The van der Waals surface area contributed by atoms with Crippen molar-refractivity contribution >= 4 is 52.2 Å². The lowest BCUT2D eigenvalue weighted by molar-refractivity contribution is -0.137. The van der Waals surface area contributed by atoms with E-state index in [2.05, 4.69) is 10.3 Å². The van der Waals surface area contributed by atoms with Crippen LogP contribution in [0.4, 0.5) is 24.5 Å². The number of benzene rings is 3. The third-order valence-corrected chi connectivity index (χ3v) is 9.94. The number of ether oxygens (including phenoxy) is 2. The van der Waals surface area contributed by atoms with Crippen LogP contribution in [0.1, 0.15) is 34.4 Å². The van der Waals surface area contributed by atoms with Crippen LogP contribution in [0, 0.1) is 12.8 Å². The number of H-pyrrole nitrogens is 1. The first-order valence-electron chi connectivity index (χ1n) is 14.2. The second-order valence-corrected chi connectivity index (χ2v) is 12.8. The summed E-state index contributed by atoms with van der Waals surface area (Å²) in [6, 6.07) is 16.3. The number of halogens is 3. The number of rotatable bonds is 8. The minimum absolute atomic E-state index is 0.182. The van der Waals surface area contributed by atoms with E-state index < -0.39 is 46.5 Å². The lowest BCUT2D eigenvalue weighted by Crippen LogP contribution is -2.32. The van der Waals surface area contributed by atoms with Gasteiger partial charge in [0.05, 0.1) is 28.8 Å². The molecule has 1 fully saturated rings. The second kappa shape index (κ2) is 12.3. The van der Waals surface area contributed by atoms with Gasteiger partial charge in [-0.3, -0.25) is 19.2 Å². The highest BCUT2D eigenvalue weighted by atomic mass is 32.2. The van der Waals surface area contributed by atoms with Gasteiger partial charge in [0.2, 0.25) is 11.8 Å². The highest BCUT2D eigenvalue weighted by molar-refractivity contribution is 8.00. The molecular weight excluding hydrogens is 643 g/mol. The van der Waals surface area contributed by atoms with Crippen molar-refractivity contribution in [2.75, 3.05) is 23.4 Å². The number of hydrogen-bond acceptors (Lipinski definition) is 8. The fraction of sp³-hybridized carbons (Fsp3) is 0.250. The summed E-state index contributed by atoms with van der Waals surface area (Å²) in [6.07, 6.45) is -4.67. The number of imide groups is 1. The van der Waals surface area contributed by atoms with Gasteiger partial charge in [-0.05, 0) is 67.4 Å². The summed E-state index contributed by atoms with van der Waals surface area (Å²) in [5.41, 5.74) is 0.955. The molecule has 3 amide bonds. The maximum atomic E-state index is 14.0.